The number of fused-ring (bicyclic) bond motifs is 1. The molecule has 1 fully saturated rings. The van der Waals surface area contributed by atoms with Crippen LogP contribution in [0.5, 0.6) is 11.5 Å². The fourth-order valence-corrected chi connectivity index (χ4v) is 3.32. The molecule has 0 aliphatic carbocycles. The van der Waals surface area contributed by atoms with Gasteiger partial charge in [0.1, 0.15) is 17.6 Å². The third-order valence-corrected chi connectivity index (χ3v) is 4.57. The van der Waals surface area contributed by atoms with Gasteiger partial charge in [0.2, 0.25) is 0 Å². The van der Waals surface area contributed by atoms with Crippen LogP contribution in [0.4, 0.5) is 0 Å². The van der Waals surface area contributed by atoms with Gasteiger partial charge in [-0.15, -0.1) is 24.0 Å². The van der Waals surface area contributed by atoms with Crippen molar-refractivity contribution in [2.24, 2.45) is 4.99 Å². The van der Waals surface area contributed by atoms with Crippen molar-refractivity contribution in [1.29, 1.82) is 0 Å². The van der Waals surface area contributed by atoms with Crippen molar-refractivity contribution in [2.45, 2.75) is 51.9 Å². The van der Waals surface area contributed by atoms with Crippen LogP contribution in [0.15, 0.2) is 17.1 Å². The summed E-state index contributed by atoms with van der Waals surface area (Å²) in [5.74, 6) is 2.63. The molecule has 146 valence electrons. The van der Waals surface area contributed by atoms with E-state index in [4.69, 9.17) is 19.2 Å². The van der Waals surface area contributed by atoms with Gasteiger partial charge < -0.3 is 24.8 Å². The van der Waals surface area contributed by atoms with Gasteiger partial charge in [0, 0.05) is 37.2 Å². The molecule has 0 aromatic heterocycles. The molecule has 2 aliphatic heterocycles. The number of nitrogens with one attached hydrogen (secondary N) is 2. The summed E-state index contributed by atoms with van der Waals surface area (Å²) in [6.45, 7) is 7.16. The first-order valence-electron chi connectivity index (χ1n) is 9.19. The minimum atomic E-state index is 0. The van der Waals surface area contributed by atoms with Crippen molar-refractivity contribution in [3.05, 3.63) is 23.3 Å². The SMILES string of the molecule is CCNC(=NCc1cc2c(cc1OC)CC(C)O2)NCC1CCCO1.I. The number of hydrogen-bond acceptors (Lipinski definition) is 4. The Hall–Kier alpha value is -1.22. The minimum absolute atomic E-state index is 0. The summed E-state index contributed by atoms with van der Waals surface area (Å²) in [4.78, 5) is 4.70. The van der Waals surface area contributed by atoms with E-state index in [9.17, 15) is 0 Å². The number of hydrogen-bond donors (Lipinski definition) is 2. The largest absolute Gasteiger partial charge is 0.496 e. The predicted molar refractivity (Wildman–Crippen MR) is 114 cm³/mol. The van der Waals surface area contributed by atoms with Gasteiger partial charge in [0.15, 0.2) is 5.96 Å². The van der Waals surface area contributed by atoms with Crippen molar-refractivity contribution in [3.8, 4) is 11.5 Å². The molecule has 2 atom stereocenters. The third kappa shape index (κ3) is 5.39. The zero-order valence-electron chi connectivity index (χ0n) is 15.8. The van der Waals surface area contributed by atoms with Crippen LogP contribution >= 0.6 is 24.0 Å². The average molecular weight is 475 g/mol. The maximum absolute atomic E-state index is 5.86. The highest BCUT2D eigenvalue weighted by molar-refractivity contribution is 14.0. The van der Waals surface area contributed by atoms with Gasteiger partial charge in [0.25, 0.3) is 0 Å². The Morgan fingerprint density at radius 3 is 2.88 bits per heavy atom. The highest BCUT2D eigenvalue weighted by Crippen LogP contribution is 2.35. The lowest BCUT2D eigenvalue weighted by atomic mass is 10.1. The van der Waals surface area contributed by atoms with E-state index < -0.39 is 0 Å². The van der Waals surface area contributed by atoms with Gasteiger partial charge in [-0.2, -0.15) is 0 Å². The van der Waals surface area contributed by atoms with Crippen molar-refractivity contribution >= 4 is 29.9 Å². The minimum Gasteiger partial charge on any atom is -0.496 e. The topological polar surface area (TPSA) is 64.1 Å². The second kappa shape index (κ2) is 10.2. The summed E-state index contributed by atoms with van der Waals surface area (Å²) in [5.41, 5.74) is 2.24. The van der Waals surface area contributed by atoms with Crippen LogP contribution in [0.25, 0.3) is 0 Å². The summed E-state index contributed by atoms with van der Waals surface area (Å²) in [7, 11) is 1.70. The maximum atomic E-state index is 5.86. The Morgan fingerprint density at radius 1 is 1.35 bits per heavy atom. The zero-order chi connectivity index (χ0) is 17.6. The highest BCUT2D eigenvalue weighted by Gasteiger charge is 2.21. The lowest BCUT2D eigenvalue weighted by Gasteiger charge is -2.15. The molecule has 2 aliphatic rings. The molecule has 2 N–H and O–H groups in total. The first kappa shape index (κ1) is 21.1. The molecule has 0 saturated carbocycles. The summed E-state index contributed by atoms with van der Waals surface area (Å²) >= 11 is 0. The van der Waals surface area contributed by atoms with Crippen LogP contribution in [0.2, 0.25) is 0 Å². The molecule has 3 rings (SSSR count). The number of ether oxygens (including phenoxy) is 3. The van der Waals surface area contributed by atoms with E-state index in [-0.39, 0.29) is 36.2 Å². The molecule has 7 heteroatoms. The van der Waals surface area contributed by atoms with E-state index in [1.54, 1.807) is 7.11 Å². The van der Waals surface area contributed by atoms with Crippen molar-refractivity contribution in [1.82, 2.24) is 10.6 Å². The number of nitrogens with zero attached hydrogens (tertiary/aromatic N) is 1. The van der Waals surface area contributed by atoms with E-state index >= 15 is 0 Å². The van der Waals surface area contributed by atoms with Gasteiger partial charge in [-0.3, -0.25) is 0 Å². The molecule has 1 saturated heterocycles. The Labute approximate surface area is 173 Å². The number of halogens is 1. The fourth-order valence-electron chi connectivity index (χ4n) is 3.32. The number of guanidine groups is 1. The molecule has 2 unspecified atom stereocenters. The molecule has 0 spiro atoms. The van der Waals surface area contributed by atoms with E-state index in [2.05, 4.69) is 36.6 Å². The average Bonchev–Trinajstić information content (AvgIpc) is 3.24. The molecule has 6 nitrogen and oxygen atoms in total. The Balaban J connectivity index is 0.00000243. The first-order chi connectivity index (χ1) is 12.2. The standard InChI is InChI=1S/C19H29N3O3.HI/c1-4-20-19(22-12-16-6-5-7-24-16)21-11-15-10-18-14(8-13(2)25-18)9-17(15)23-3;/h9-10,13,16H,4-8,11-12H2,1-3H3,(H2,20,21,22);1H. The Morgan fingerprint density at radius 2 is 2.19 bits per heavy atom. The van der Waals surface area contributed by atoms with Crippen molar-refractivity contribution < 1.29 is 14.2 Å². The predicted octanol–water partition coefficient (Wildman–Crippen LogP) is 2.87. The third-order valence-electron chi connectivity index (χ3n) is 4.57. The van der Waals surface area contributed by atoms with Crippen LogP contribution in [-0.2, 0) is 17.7 Å². The number of aliphatic imine (C=N–C) groups is 1. The van der Waals surface area contributed by atoms with E-state index in [0.29, 0.717) is 6.54 Å². The lowest BCUT2D eigenvalue weighted by Crippen LogP contribution is -2.41. The molecule has 1 aromatic carbocycles. The molecular weight excluding hydrogens is 445 g/mol. The van der Waals surface area contributed by atoms with Gasteiger partial charge in [0.05, 0.1) is 19.8 Å². The van der Waals surface area contributed by atoms with Crippen LogP contribution in [0.1, 0.15) is 37.8 Å². The Bertz CT molecular complexity index is 618. The first-order valence-corrected chi connectivity index (χ1v) is 9.19. The normalized spacial score (nSPS) is 21.6. The van der Waals surface area contributed by atoms with Gasteiger partial charge in [-0.1, -0.05) is 0 Å². The van der Waals surface area contributed by atoms with Crippen molar-refractivity contribution in [3.63, 3.8) is 0 Å². The van der Waals surface area contributed by atoms with Gasteiger partial charge in [-0.05, 0) is 38.8 Å². The molecule has 1 aromatic rings. The lowest BCUT2D eigenvalue weighted by molar-refractivity contribution is 0.114. The summed E-state index contributed by atoms with van der Waals surface area (Å²) in [6.07, 6.45) is 3.70. The van der Waals surface area contributed by atoms with E-state index in [1.165, 1.54) is 5.56 Å². The molecule has 2 heterocycles. The highest BCUT2D eigenvalue weighted by atomic mass is 127. The summed E-state index contributed by atoms with van der Waals surface area (Å²) in [5, 5.41) is 6.66. The second-order valence-electron chi connectivity index (χ2n) is 6.62. The summed E-state index contributed by atoms with van der Waals surface area (Å²) in [6, 6.07) is 4.14. The molecule has 0 radical (unpaired) electrons. The molecular formula is C19H30IN3O3. The summed E-state index contributed by atoms with van der Waals surface area (Å²) < 4.78 is 17.1. The Kier molecular flexibility index (Phi) is 8.27. The van der Waals surface area contributed by atoms with Crippen LogP contribution in [0.3, 0.4) is 0 Å². The molecule has 0 bridgehead atoms. The quantitative estimate of drug-likeness (QED) is 0.377. The van der Waals surface area contributed by atoms with E-state index in [0.717, 1.165) is 62.0 Å². The number of rotatable bonds is 6. The molecule has 26 heavy (non-hydrogen) atoms. The second-order valence-corrected chi connectivity index (χ2v) is 6.62. The van der Waals surface area contributed by atoms with Crippen LogP contribution in [-0.4, -0.2) is 45.0 Å². The van der Waals surface area contributed by atoms with Gasteiger partial charge in [-0.25, -0.2) is 4.99 Å². The fraction of sp³-hybridized carbons (Fsp3) is 0.632. The van der Waals surface area contributed by atoms with Crippen LogP contribution in [0, 0.1) is 0 Å². The monoisotopic (exact) mass is 475 g/mol. The molecule has 0 amide bonds. The number of benzene rings is 1. The van der Waals surface area contributed by atoms with E-state index in [1.807, 2.05) is 0 Å². The number of methoxy groups -OCH3 is 1. The maximum Gasteiger partial charge on any atom is 0.191 e. The van der Waals surface area contributed by atoms with Crippen LogP contribution < -0.4 is 20.1 Å². The zero-order valence-corrected chi connectivity index (χ0v) is 18.2. The van der Waals surface area contributed by atoms with Crippen molar-refractivity contribution in [2.75, 3.05) is 26.8 Å². The smallest absolute Gasteiger partial charge is 0.191 e. The van der Waals surface area contributed by atoms with Gasteiger partial charge >= 0.3 is 0 Å².